The van der Waals surface area contributed by atoms with Gasteiger partial charge in [-0.25, -0.2) is 0 Å². The monoisotopic (exact) mass is 182 g/mol. The molecule has 0 spiro atoms. The quantitative estimate of drug-likeness (QED) is 0.681. The van der Waals surface area contributed by atoms with Gasteiger partial charge in [0, 0.05) is 0 Å². The zero-order valence-electron chi connectivity index (χ0n) is 8.47. The van der Waals surface area contributed by atoms with Crippen LogP contribution in [0.25, 0.3) is 0 Å². The van der Waals surface area contributed by atoms with Crippen LogP contribution in [0, 0.1) is 5.92 Å². The first-order chi connectivity index (χ1) is 6.11. The highest BCUT2D eigenvalue weighted by atomic mass is 16.4. The maximum absolute atomic E-state index is 10.6. The third-order valence-corrected chi connectivity index (χ3v) is 2.69. The van der Waals surface area contributed by atoms with E-state index in [1.54, 1.807) is 0 Å². The second-order valence-electron chi connectivity index (χ2n) is 4.06. The van der Waals surface area contributed by atoms with E-state index in [0.717, 1.165) is 12.8 Å². The van der Waals surface area contributed by atoms with Gasteiger partial charge in [0.25, 0.3) is 0 Å². The highest BCUT2D eigenvalue weighted by Gasteiger charge is 2.16. The predicted octanol–water partition coefficient (Wildman–Crippen LogP) is 2.99. The van der Waals surface area contributed by atoms with E-state index in [1.807, 2.05) is 0 Å². The van der Waals surface area contributed by atoms with Crippen LogP contribution in [0.15, 0.2) is 11.1 Å². The van der Waals surface area contributed by atoms with E-state index < -0.39 is 5.97 Å². The number of carbonyl (C=O) groups is 1. The second-order valence-corrected chi connectivity index (χ2v) is 4.06. The fraction of sp³-hybridized carbons (Fsp3) is 0.727. The van der Waals surface area contributed by atoms with Gasteiger partial charge in [-0.3, -0.25) is 4.79 Å². The Hall–Kier alpha value is -0.790. The summed E-state index contributed by atoms with van der Waals surface area (Å²) in [7, 11) is 0. The Kier molecular flexibility index (Phi) is 3.52. The molecule has 0 aliphatic heterocycles. The fourth-order valence-electron chi connectivity index (χ4n) is 2.07. The Bertz CT molecular complexity index is 226. The topological polar surface area (TPSA) is 37.3 Å². The van der Waals surface area contributed by atoms with Crippen molar-refractivity contribution in [1.82, 2.24) is 0 Å². The van der Waals surface area contributed by atoms with Crippen molar-refractivity contribution < 1.29 is 9.90 Å². The van der Waals surface area contributed by atoms with Gasteiger partial charge < -0.3 is 5.11 Å². The summed E-state index contributed by atoms with van der Waals surface area (Å²) in [5.41, 5.74) is 2.59. The molecule has 0 radical (unpaired) electrons. The molecule has 1 aliphatic rings. The van der Waals surface area contributed by atoms with Crippen LogP contribution in [-0.4, -0.2) is 11.1 Å². The normalized spacial score (nSPS) is 18.1. The van der Waals surface area contributed by atoms with Gasteiger partial charge in [-0.2, -0.15) is 0 Å². The molecule has 2 heteroatoms. The molecule has 0 unspecified atom stereocenters. The highest BCUT2D eigenvalue weighted by molar-refractivity contribution is 5.70. The molecule has 0 amide bonds. The molecule has 0 atom stereocenters. The van der Waals surface area contributed by atoms with Crippen molar-refractivity contribution in [3.05, 3.63) is 11.1 Å². The van der Waals surface area contributed by atoms with Gasteiger partial charge in [0.05, 0.1) is 6.42 Å². The number of aliphatic carboxylic acids is 1. The molecule has 1 N–H and O–H groups in total. The van der Waals surface area contributed by atoms with Gasteiger partial charge >= 0.3 is 5.97 Å². The fourth-order valence-corrected chi connectivity index (χ4v) is 2.07. The Morgan fingerprint density at radius 1 is 1.38 bits per heavy atom. The van der Waals surface area contributed by atoms with E-state index >= 15 is 0 Å². The Morgan fingerprint density at radius 2 is 2.00 bits per heavy atom. The lowest BCUT2D eigenvalue weighted by Gasteiger charge is -2.22. The molecule has 0 aromatic carbocycles. The molecule has 0 saturated heterocycles. The number of rotatable bonds is 3. The minimum absolute atomic E-state index is 0.257. The van der Waals surface area contributed by atoms with Crippen LogP contribution in [0.3, 0.4) is 0 Å². The molecular weight excluding hydrogens is 164 g/mol. The van der Waals surface area contributed by atoms with Gasteiger partial charge in [-0.15, -0.1) is 0 Å². The molecule has 74 valence electrons. The molecular formula is C11H18O2. The summed E-state index contributed by atoms with van der Waals surface area (Å²) in [6, 6.07) is 0. The average molecular weight is 182 g/mol. The maximum Gasteiger partial charge on any atom is 0.307 e. The van der Waals surface area contributed by atoms with Crippen LogP contribution >= 0.6 is 0 Å². The van der Waals surface area contributed by atoms with Crippen LogP contribution in [0.2, 0.25) is 0 Å². The number of hydrogen-bond acceptors (Lipinski definition) is 1. The van der Waals surface area contributed by atoms with Crippen LogP contribution in [0.4, 0.5) is 0 Å². The van der Waals surface area contributed by atoms with E-state index in [4.69, 9.17) is 5.11 Å². The smallest absolute Gasteiger partial charge is 0.307 e. The zero-order valence-corrected chi connectivity index (χ0v) is 8.47. The van der Waals surface area contributed by atoms with Crippen LogP contribution in [0.1, 0.15) is 46.0 Å². The van der Waals surface area contributed by atoms with Crippen molar-refractivity contribution in [3.63, 3.8) is 0 Å². The number of carboxylic acid groups (broad SMARTS) is 1. The summed E-state index contributed by atoms with van der Waals surface area (Å²) in [5.74, 6) is -0.162. The van der Waals surface area contributed by atoms with Crippen molar-refractivity contribution in [2.45, 2.75) is 46.0 Å². The molecule has 0 fully saturated rings. The summed E-state index contributed by atoms with van der Waals surface area (Å²) >= 11 is 0. The molecule has 0 bridgehead atoms. The summed E-state index contributed by atoms with van der Waals surface area (Å²) in [4.78, 5) is 10.6. The van der Waals surface area contributed by atoms with Gasteiger partial charge in [0.1, 0.15) is 0 Å². The lowest BCUT2D eigenvalue weighted by molar-refractivity contribution is -0.136. The molecule has 0 aromatic rings. The molecule has 0 aromatic heterocycles. The van der Waals surface area contributed by atoms with Crippen LogP contribution in [-0.2, 0) is 4.79 Å². The van der Waals surface area contributed by atoms with Crippen LogP contribution in [0.5, 0.6) is 0 Å². The Balaban J connectivity index is 2.77. The SMILES string of the molecule is CC(C)C1=C(CC(=O)O)CCCC1. The number of carboxylic acids is 1. The van der Waals surface area contributed by atoms with Crippen LogP contribution < -0.4 is 0 Å². The molecule has 2 nitrogen and oxygen atoms in total. The van der Waals surface area contributed by atoms with Crippen molar-refractivity contribution >= 4 is 5.97 Å². The highest BCUT2D eigenvalue weighted by Crippen LogP contribution is 2.31. The molecule has 0 saturated carbocycles. The lowest BCUT2D eigenvalue weighted by atomic mass is 9.84. The number of hydrogen-bond donors (Lipinski definition) is 1. The second kappa shape index (κ2) is 4.45. The molecule has 13 heavy (non-hydrogen) atoms. The minimum Gasteiger partial charge on any atom is -0.481 e. The Morgan fingerprint density at radius 3 is 2.54 bits per heavy atom. The Labute approximate surface area is 79.6 Å². The zero-order chi connectivity index (χ0) is 9.84. The molecule has 1 rings (SSSR count). The first-order valence-corrected chi connectivity index (χ1v) is 5.04. The van der Waals surface area contributed by atoms with Gasteiger partial charge in [-0.1, -0.05) is 25.0 Å². The molecule has 0 heterocycles. The lowest BCUT2D eigenvalue weighted by Crippen LogP contribution is -2.09. The van der Waals surface area contributed by atoms with E-state index in [2.05, 4.69) is 13.8 Å². The van der Waals surface area contributed by atoms with E-state index in [1.165, 1.54) is 24.0 Å². The average Bonchev–Trinajstić information content (AvgIpc) is 2.03. The third kappa shape index (κ3) is 2.87. The largest absolute Gasteiger partial charge is 0.481 e. The number of allylic oxidation sites excluding steroid dienone is 1. The summed E-state index contributed by atoms with van der Waals surface area (Å²) in [5, 5.41) is 8.73. The van der Waals surface area contributed by atoms with E-state index in [-0.39, 0.29) is 6.42 Å². The minimum atomic E-state index is -0.685. The summed E-state index contributed by atoms with van der Waals surface area (Å²) in [6.07, 6.45) is 4.77. The standard InChI is InChI=1S/C11H18O2/c1-8(2)10-6-4-3-5-9(10)7-11(12)13/h8H,3-7H2,1-2H3,(H,12,13). The van der Waals surface area contributed by atoms with Gasteiger partial charge in [0.2, 0.25) is 0 Å². The van der Waals surface area contributed by atoms with Gasteiger partial charge in [0.15, 0.2) is 0 Å². The maximum atomic E-state index is 10.6. The van der Waals surface area contributed by atoms with Crippen molar-refractivity contribution in [1.29, 1.82) is 0 Å². The van der Waals surface area contributed by atoms with E-state index in [0.29, 0.717) is 5.92 Å². The molecule has 1 aliphatic carbocycles. The first-order valence-electron chi connectivity index (χ1n) is 5.04. The van der Waals surface area contributed by atoms with E-state index in [9.17, 15) is 4.79 Å². The third-order valence-electron chi connectivity index (χ3n) is 2.69. The predicted molar refractivity (Wildman–Crippen MR) is 52.6 cm³/mol. The summed E-state index contributed by atoms with van der Waals surface area (Å²) in [6.45, 7) is 4.31. The van der Waals surface area contributed by atoms with Crippen molar-refractivity contribution in [2.75, 3.05) is 0 Å². The van der Waals surface area contributed by atoms with Gasteiger partial charge in [-0.05, 0) is 31.6 Å². The first kappa shape index (κ1) is 10.3. The van der Waals surface area contributed by atoms with Crippen molar-refractivity contribution in [2.24, 2.45) is 5.92 Å². The summed E-state index contributed by atoms with van der Waals surface area (Å²) < 4.78 is 0. The van der Waals surface area contributed by atoms with Crippen molar-refractivity contribution in [3.8, 4) is 0 Å².